The molecule has 23 heavy (non-hydrogen) atoms. The van der Waals surface area contributed by atoms with E-state index in [0.29, 0.717) is 12.1 Å². The maximum absolute atomic E-state index is 12.7. The normalized spacial score (nSPS) is 18.3. The second-order valence-electron chi connectivity index (χ2n) is 6.38. The van der Waals surface area contributed by atoms with Crippen molar-refractivity contribution in [2.75, 3.05) is 24.5 Å². The number of amides is 1. The minimum absolute atomic E-state index is 0.0885. The second-order valence-corrected chi connectivity index (χ2v) is 6.38. The van der Waals surface area contributed by atoms with Gasteiger partial charge in [-0.2, -0.15) is 0 Å². The molecule has 0 spiro atoms. The van der Waals surface area contributed by atoms with Gasteiger partial charge in [0.1, 0.15) is 5.82 Å². The largest absolute Gasteiger partial charge is 0.385 e. The SMILES string of the molecule is Cc1ccc(C(=O)NC2=CC=CNC2)c(N2CCC(C)CC2)n1. The Labute approximate surface area is 137 Å². The first-order valence-electron chi connectivity index (χ1n) is 8.26. The van der Waals surface area contributed by atoms with E-state index in [1.807, 2.05) is 37.4 Å². The number of nitrogens with zero attached hydrogens (tertiary/aromatic N) is 2. The van der Waals surface area contributed by atoms with Crippen LogP contribution in [0.5, 0.6) is 0 Å². The predicted octanol–water partition coefficient (Wildman–Crippen LogP) is 2.36. The monoisotopic (exact) mass is 312 g/mol. The van der Waals surface area contributed by atoms with Gasteiger partial charge >= 0.3 is 0 Å². The fourth-order valence-electron chi connectivity index (χ4n) is 2.94. The first-order valence-corrected chi connectivity index (χ1v) is 8.26. The van der Waals surface area contributed by atoms with Crippen LogP contribution in [-0.4, -0.2) is 30.5 Å². The van der Waals surface area contributed by atoms with Crippen LogP contribution in [0.3, 0.4) is 0 Å². The number of nitrogens with one attached hydrogen (secondary N) is 2. The molecule has 2 aliphatic rings. The molecule has 0 aromatic carbocycles. The molecule has 0 aliphatic carbocycles. The van der Waals surface area contributed by atoms with Gasteiger partial charge in [0.05, 0.1) is 12.1 Å². The van der Waals surface area contributed by atoms with Gasteiger partial charge in [-0.25, -0.2) is 4.98 Å². The van der Waals surface area contributed by atoms with Gasteiger partial charge in [0.2, 0.25) is 0 Å². The van der Waals surface area contributed by atoms with Crippen molar-refractivity contribution in [2.24, 2.45) is 5.92 Å². The molecular weight excluding hydrogens is 288 g/mol. The van der Waals surface area contributed by atoms with Crippen LogP contribution in [0.1, 0.15) is 35.8 Å². The van der Waals surface area contributed by atoms with Crippen LogP contribution in [0.25, 0.3) is 0 Å². The molecule has 122 valence electrons. The third kappa shape index (κ3) is 3.73. The topological polar surface area (TPSA) is 57.3 Å². The maximum Gasteiger partial charge on any atom is 0.259 e. The van der Waals surface area contributed by atoms with Gasteiger partial charge in [0.25, 0.3) is 5.91 Å². The number of allylic oxidation sites excluding steroid dienone is 2. The number of piperidine rings is 1. The van der Waals surface area contributed by atoms with Crippen LogP contribution in [0.4, 0.5) is 5.82 Å². The van der Waals surface area contributed by atoms with E-state index in [-0.39, 0.29) is 5.91 Å². The molecule has 0 bridgehead atoms. The van der Waals surface area contributed by atoms with Crippen LogP contribution in [0.15, 0.2) is 36.2 Å². The molecule has 1 saturated heterocycles. The highest BCUT2D eigenvalue weighted by Crippen LogP contribution is 2.25. The molecule has 2 N–H and O–H groups in total. The van der Waals surface area contributed by atoms with Crippen molar-refractivity contribution >= 4 is 11.7 Å². The van der Waals surface area contributed by atoms with E-state index in [0.717, 1.165) is 49.1 Å². The number of aryl methyl sites for hydroxylation is 1. The Morgan fingerprint density at radius 3 is 2.83 bits per heavy atom. The molecule has 3 heterocycles. The summed E-state index contributed by atoms with van der Waals surface area (Å²) in [5, 5.41) is 6.08. The molecule has 0 atom stereocenters. The third-order valence-electron chi connectivity index (χ3n) is 4.42. The van der Waals surface area contributed by atoms with Crippen molar-refractivity contribution in [3.63, 3.8) is 0 Å². The minimum atomic E-state index is -0.0885. The lowest BCUT2D eigenvalue weighted by atomic mass is 9.99. The second kappa shape index (κ2) is 6.86. The fourth-order valence-corrected chi connectivity index (χ4v) is 2.94. The summed E-state index contributed by atoms with van der Waals surface area (Å²) in [4.78, 5) is 19.6. The van der Waals surface area contributed by atoms with E-state index in [2.05, 4.69) is 27.4 Å². The summed E-state index contributed by atoms with van der Waals surface area (Å²) in [6.07, 6.45) is 7.97. The number of pyridine rings is 1. The predicted molar refractivity (Wildman–Crippen MR) is 92.3 cm³/mol. The van der Waals surface area contributed by atoms with Crippen molar-refractivity contribution in [1.29, 1.82) is 0 Å². The lowest BCUT2D eigenvalue weighted by Gasteiger charge is -2.32. The zero-order valence-electron chi connectivity index (χ0n) is 13.8. The van der Waals surface area contributed by atoms with E-state index in [1.165, 1.54) is 0 Å². The molecule has 3 rings (SSSR count). The van der Waals surface area contributed by atoms with Crippen LogP contribution in [-0.2, 0) is 0 Å². The molecule has 0 unspecified atom stereocenters. The van der Waals surface area contributed by atoms with Crippen molar-refractivity contribution < 1.29 is 4.79 Å². The Morgan fingerprint density at radius 2 is 2.13 bits per heavy atom. The molecular formula is C18H24N4O. The minimum Gasteiger partial charge on any atom is -0.385 e. The van der Waals surface area contributed by atoms with Gasteiger partial charge in [-0.05, 0) is 56.2 Å². The number of rotatable bonds is 3. The van der Waals surface area contributed by atoms with Gasteiger partial charge in [-0.15, -0.1) is 0 Å². The van der Waals surface area contributed by atoms with E-state index < -0.39 is 0 Å². The highest BCUT2D eigenvalue weighted by Gasteiger charge is 2.22. The summed E-state index contributed by atoms with van der Waals surface area (Å²) in [5.74, 6) is 1.47. The summed E-state index contributed by atoms with van der Waals surface area (Å²) in [6.45, 7) is 6.81. The summed E-state index contributed by atoms with van der Waals surface area (Å²) in [7, 11) is 0. The zero-order chi connectivity index (χ0) is 16.2. The van der Waals surface area contributed by atoms with Gasteiger partial charge in [0, 0.05) is 24.5 Å². The number of carbonyl (C=O) groups is 1. The molecule has 5 nitrogen and oxygen atoms in total. The number of carbonyl (C=O) groups excluding carboxylic acids is 1. The molecule has 2 aliphatic heterocycles. The Morgan fingerprint density at radius 1 is 1.35 bits per heavy atom. The van der Waals surface area contributed by atoms with Crippen molar-refractivity contribution in [1.82, 2.24) is 15.6 Å². The van der Waals surface area contributed by atoms with Crippen molar-refractivity contribution in [2.45, 2.75) is 26.7 Å². The average Bonchev–Trinajstić information content (AvgIpc) is 2.56. The van der Waals surface area contributed by atoms with Crippen LogP contribution < -0.4 is 15.5 Å². The van der Waals surface area contributed by atoms with Gasteiger partial charge in [-0.1, -0.05) is 6.92 Å². The Kier molecular flexibility index (Phi) is 4.65. The quantitative estimate of drug-likeness (QED) is 0.899. The number of hydrogen-bond acceptors (Lipinski definition) is 4. The summed E-state index contributed by atoms with van der Waals surface area (Å²) in [5.41, 5.74) is 2.47. The van der Waals surface area contributed by atoms with E-state index in [4.69, 9.17) is 0 Å². The number of anilines is 1. The maximum atomic E-state index is 12.7. The zero-order valence-corrected chi connectivity index (χ0v) is 13.8. The molecule has 0 radical (unpaired) electrons. The Balaban J connectivity index is 1.82. The first-order chi connectivity index (χ1) is 11.1. The highest BCUT2D eigenvalue weighted by atomic mass is 16.1. The highest BCUT2D eigenvalue weighted by molar-refractivity contribution is 6.00. The van der Waals surface area contributed by atoms with E-state index in [1.54, 1.807) is 0 Å². The smallest absolute Gasteiger partial charge is 0.259 e. The summed E-state index contributed by atoms with van der Waals surface area (Å²) < 4.78 is 0. The van der Waals surface area contributed by atoms with Gasteiger partial charge in [0.15, 0.2) is 0 Å². The van der Waals surface area contributed by atoms with E-state index in [9.17, 15) is 4.79 Å². The molecule has 0 saturated carbocycles. The van der Waals surface area contributed by atoms with Crippen LogP contribution in [0.2, 0.25) is 0 Å². The molecule has 5 heteroatoms. The van der Waals surface area contributed by atoms with Crippen LogP contribution in [0, 0.1) is 12.8 Å². The Bertz CT molecular complexity index is 642. The van der Waals surface area contributed by atoms with Crippen molar-refractivity contribution in [3.8, 4) is 0 Å². The number of hydrogen-bond donors (Lipinski definition) is 2. The third-order valence-corrected chi connectivity index (χ3v) is 4.42. The summed E-state index contributed by atoms with van der Waals surface area (Å²) in [6, 6.07) is 3.79. The standard InChI is InChI=1S/C18H24N4O/c1-13-7-10-22(11-8-13)17-16(6-5-14(2)20-17)18(23)21-15-4-3-9-19-12-15/h3-6,9,13,19H,7-8,10-12H2,1-2H3,(H,21,23). The fraction of sp³-hybridized carbons (Fsp3) is 0.444. The van der Waals surface area contributed by atoms with E-state index >= 15 is 0 Å². The molecule has 1 aromatic rings. The van der Waals surface area contributed by atoms with Crippen LogP contribution >= 0.6 is 0 Å². The lowest BCUT2D eigenvalue weighted by Crippen LogP contribution is -2.36. The average molecular weight is 312 g/mol. The molecule has 1 amide bonds. The van der Waals surface area contributed by atoms with Gasteiger partial charge in [-0.3, -0.25) is 4.79 Å². The summed E-state index contributed by atoms with van der Waals surface area (Å²) >= 11 is 0. The van der Waals surface area contributed by atoms with Crippen molar-refractivity contribution in [3.05, 3.63) is 47.4 Å². The Hall–Kier alpha value is -2.30. The molecule has 1 aromatic heterocycles. The number of dihydropyridines is 1. The number of aromatic nitrogens is 1. The first kappa shape index (κ1) is 15.6. The lowest BCUT2D eigenvalue weighted by molar-refractivity contribution is 0.0965. The van der Waals surface area contributed by atoms with Gasteiger partial charge < -0.3 is 15.5 Å². The molecule has 1 fully saturated rings.